The van der Waals surface area contributed by atoms with Gasteiger partial charge in [0, 0.05) is 18.6 Å². The lowest BCUT2D eigenvalue weighted by Gasteiger charge is -2.29. The molecule has 0 radical (unpaired) electrons. The summed E-state index contributed by atoms with van der Waals surface area (Å²) in [6.45, 7) is 4.76. The van der Waals surface area contributed by atoms with Crippen LogP contribution in [0.5, 0.6) is 0 Å². The molecule has 0 aromatic heterocycles. The van der Waals surface area contributed by atoms with Gasteiger partial charge in [-0.25, -0.2) is 0 Å². The molecule has 2 aliphatic rings. The van der Waals surface area contributed by atoms with Crippen molar-refractivity contribution in [3.63, 3.8) is 0 Å². The molecule has 2 N–H and O–H groups in total. The van der Waals surface area contributed by atoms with Gasteiger partial charge in [-0.15, -0.1) is 0 Å². The van der Waals surface area contributed by atoms with Crippen molar-refractivity contribution < 1.29 is 0 Å². The predicted octanol–water partition coefficient (Wildman–Crippen LogP) is 2.30. The van der Waals surface area contributed by atoms with E-state index >= 15 is 0 Å². The molecule has 2 heteroatoms. The molecule has 1 atom stereocenters. The second kappa shape index (κ2) is 5.86. The van der Waals surface area contributed by atoms with E-state index in [-0.39, 0.29) is 0 Å². The molecular formula is C13H26N2. The van der Waals surface area contributed by atoms with Gasteiger partial charge in [-0.05, 0) is 51.0 Å². The molecule has 2 nitrogen and oxygen atoms in total. The monoisotopic (exact) mass is 210 g/mol. The van der Waals surface area contributed by atoms with E-state index in [1.807, 2.05) is 0 Å². The summed E-state index contributed by atoms with van der Waals surface area (Å²) in [5.41, 5.74) is 0. The Morgan fingerprint density at radius 3 is 2.53 bits per heavy atom. The molecule has 1 saturated carbocycles. The summed E-state index contributed by atoms with van der Waals surface area (Å²) in [7, 11) is 0. The number of rotatable bonds is 4. The summed E-state index contributed by atoms with van der Waals surface area (Å²) in [4.78, 5) is 0. The molecule has 2 rings (SSSR count). The predicted molar refractivity (Wildman–Crippen MR) is 65.1 cm³/mol. The third-order valence-electron chi connectivity index (χ3n) is 4.24. The van der Waals surface area contributed by atoms with Crippen LogP contribution in [0.25, 0.3) is 0 Å². The summed E-state index contributed by atoms with van der Waals surface area (Å²) in [5.74, 6) is 1.02. The SMILES string of the molecule is CCC1CCC(NCC2CCCN2)CC1. The van der Waals surface area contributed by atoms with Crippen LogP contribution in [0.3, 0.4) is 0 Å². The molecule has 0 aromatic carbocycles. The van der Waals surface area contributed by atoms with Gasteiger partial charge in [-0.1, -0.05) is 13.3 Å². The van der Waals surface area contributed by atoms with Gasteiger partial charge in [-0.3, -0.25) is 0 Å². The van der Waals surface area contributed by atoms with Gasteiger partial charge >= 0.3 is 0 Å². The smallest absolute Gasteiger partial charge is 0.0193 e. The van der Waals surface area contributed by atoms with Gasteiger partial charge in [0.25, 0.3) is 0 Å². The lowest BCUT2D eigenvalue weighted by atomic mass is 9.84. The van der Waals surface area contributed by atoms with Crippen molar-refractivity contribution in [3.8, 4) is 0 Å². The summed E-state index contributed by atoms with van der Waals surface area (Å²) in [6.07, 6.45) is 9.85. The molecule has 15 heavy (non-hydrogen) atoms. The van der Waals surface area contributed by atoms with E-state index in [1.165, 1.54) is 58.0 Å². The Morgan fingerprint density at radius 1 is 1.13 bits per heavy atom. The van der Waals surface area contributed by atoms with Gasteiger partial charge in [0.1, 0.15) is 0 Å². The van der Waals surface area contributed by atoms with Gasteiger partial charge in [0.2, 0.25) is 0 Å². The highest BCUT2D eigenvalue weighted by Gasteiger charge is 2.21. The van der Waals surface area contributed by atoms with Crippen molar-refractivity contribution in [1.29, 1.82) is 0 Å². The molecule has 0 spiro atoms. The first-order chi connectivity index (χ1) is 7.38. The molecular weight excluding hydrogens is 184 g/mol. The van der Waals surface area contributed by atoms with Crippen LogP contribution in [-0.4, -0.2) is 25.2 Å². The van der Waals surface area contributed by atoms with Crippen LogP contribution in [0.15, 0.2) is 0 Å². The third-order valence-corrected chi connectivity index (χ3v) is 4.24. The number of hydrogen-bond acceptors (Lipinski definition) is 2. The van der Waals surface area contributed by atoms with Gasteiger partial charge in [0.15, 0.2) is 0 Å². The molecule has 0 bridgehead atoms. The van der Waals surface area contributed by atoms with Crippen LogP contribution < -0.4 is 10.6 Å². The van der Waals surface area contributed by atoms with Crippen molar-refractivity contribution in [2.24, 2.45) is 5.92 Å². The maximum atomic E-state index is 3.75. The molecule has 0 aromatic rings. The van der Waals surface area contributed by atoms with Crippen LogP contribution in [0, 0.1) is 5.92 Å². The molecule has 88 valence electrons. The zero-order chi connectivity index (χ0) is 10.5. The normalized spacial score (nSPS) is 37.0. The molecule has 1 unspecified atom stereocenters. The quantitative estimate of drug-likeness (QED) is 0.744. The molecule has 2 fully saturated rings. The Morgan fingerprint density at radius 2 is 1.93 bits per heavy atom. The largest absolute Gasteiger partial charge is 0.313 e. The van der Waals surface area contributed by atoms with Crippen molar-refractivity contribution in [3.05, 3.63) is 0 Å². The second-order valence-electron chi connectivity index (χ2n) is 5.33. The van der Waals surface area contributed by atoms with E-state index in [9.17, 15) is 0 Å². The van der Waals surface area contributed by atoms with Crippen molar-refractivity contribution in [2.45, 2.75) is 64.0 Å². The minimum atomic E-state index is 0.758. The Kier molecular flexibility index (Phi) is 4.45. The lowest BCUT2D eigenvalue weighted by Crippen LogP contribution is -2.41. The fourth-order valence-electron chi connectivity index (χ4n) is 3.01. The van der Waals surface area contributed by atoms with E-state index in [1.54, 1.807) is 0 Å². The van der Waals surface area contributed by atoms with E-state index in [2.05, 4.69) is 17.6 Å². The highest BCUT2D eigenvalue weighted by atomic mass is 15.0. The summed E-state index contributed by atoms with van der Waals surface area (Å²) < 4.78 is 0. The van der Waals surface area contributed by atoms with E-state index < -0.39 is 0 Å². The fraction of sp³-hybridized carbons (Fsp3) is 1.00. The first kappa shape index (κ1) is 11.4. The minimum Gasteiger partial charge on any atom is -0.313 e. The molecule has 1 aliphatic heterocycles. The van der Waals surface area contributed by atoms with Crippen molar-refractivity contribution in [1.82, 2.24) is 10.6 Å². The Balaban J connectivity index is 1.59. The molecule has 0 amide bonds. The second-order valence-corrected chi connectivity index (χ2v) is 5.33. The molecule has 1 aliphatic carbocycles. The third kappa shape index (κ3) is 3.46. The van der Waals surface area contributed by atoms with Crippen LogP contribution in [0.2, 0.25) is 0 Å². The van der Waals surface area contributed by atoms with E-state index in [0.717, 1.165) is 18.0 Å². The average Bonchev–Trinajstić information content (AvgIpc) is 2.80. The van der Waals surface area contributed by atoms with Crippen LogP contribution in [-0.2, 0) is 0 Å². The van der Waals surface area contributed by atoms with Crippen molar-refractivity contribution in [2.75, 3.05) is 13.1 Å². The Bertz CT molecular complexity index is 167. The average molecular weight is 210 g/mol. The Hall–Kier alpha value is -0.0800. The highest BCUT2D eigenvalue weighted by molar-refractivity contribution is 4.81. The van der Waals surface area contributed by atoms with Crippen molar-refractivity contribution >= 4 is 0 Å². The summed E-state index contributed by atoms with van der Waals surface area (Å²) in [5, 5.41) is 7.30. The summed E-state index contributed by atoms with van der Waals surface area (Å²) in [6, 6.07) is 1.57. The van der Waals surface area contributed by atoms with E-state index in [0.29, 0.717) is 0 Å². The molecule has 1 saturated heterocycles. The highest BCUT2D eigenvalue weighted by Crippen LogP contribution is 2.26. The lowest BCUT2D eigenvalue weighted by molar-refractivity contribution is 0.281. The van der Waals surface area contributed by atoms with Crippen LogP contribution in [0.1, 0.15) is 51.9 Å². The number of hydrogen-bond donors (Lipinski definition) is 2. The zero-order valence-corrected chi connectivity index (χ0v) is 10.1. The number of nitrogens with one attached hydrogen (secondary N) is 2. The van der Waals surface area contributed by atoms with Gasteiger partial charge in [-0.2, -0.15) is 0 Å². The molecule has 1 heterocycles. The minimum absolute atomic E-state index is 0.758. The first-order valence-electron chi connectivity index (χ1n) is 6.85. The topological polar surface area (TPSA) is 24.1 Å². The maximum Gasteiger partial charge on any atom is 0.0193 e. The van der Waals surface area contributed by atoms with Gasteiger partial charge in [0.05, 0.1) is 0 Å². The maximum absolute atomic E-state index is 3.75. The Labute approximate surface area is 94.2 Å². The van der Waals surface area contributed by atoms with E-state index in [4.69, 9.17) is 0 Å². The summed E-state index contributed by atoms with van der Waals surface area (Å²) >= 11 is 0. The fourth-order valence-corrected chi connectivity index (χ4v) is 3.01. The standard InChI is InChI=1S/C13H26N2/c1-2-11-5-7-12(8-6-11)15-10-13-4-3-9-14-13/h11-15H,2-10H2,1H3. The first-order valence-corrected chi connectivity index (χ1v) is 6.85. The van der Waals surface area contributed by atoms with Crippen LogP contribution >= 0.6 is 0 Å². The zero-order valence-electron chi connectivity index (χ0n) is 10.1. The van der Waals surface area contributed by atoms with Gasteiger partial charge < -0.3 is 10.6 Å². The van der Waals surface area contributed by atoms with Crippen LogP contribution in [0.4, 0.5) is 0 Å².